The molecular weight excluding hydrogens is 442 g/mol. The van der Waals surface area contributed by atoms with E-state index >= 15 is 0 Å². The number of azo groups is 1. The van der Waals surface area contributed by atoms with Crippen molar-refractivity contribution in [2.45, 2.75) is 47.6 Å². The van der Waals surface area contributed by atoms with Gasteiger partial charge in [0.25, 0.3) is 0 Å². The van der Waals surface area contributed by atoms with E-state index < -0.39 is 29.8 Å². The normalized spacial score (nSPS) is 24.3. The topological polar surface area (TPSA) is 181 Å². The maximum Gasteiger partial charge on any atom is 0.242 e. The molecule has 31 heavy (non-hydrogen) atoms. The van der Waals surface area contributed by atoms with Gasteiger partial charge in [-0.05, 0) is 49.4 Å². The summed E-state index contributed by atoms with van der Waals surface area (Å²) in [5.74, 6) is 0.0404. The van der Waals surface area contributed by atoms with Gasteiger partial charge in [0.2, 0.25) is 20.0 Å². The average molecular weight is 468 g/mol. The number of amidine groups is 1. The van der Waals surface area contributed by atoms with Crippen molar-refractivity contribution in [3.8, 4) is 0 Å². The number of nitrogens with two attached hydrogens (primary N) is 2. The lowest BCUT2D eigenvalue weighted by Crippen LogP contribution is -2.37. The summed E-state index contributed by atoms with van der Waals surface area (Å²) in [7, 11) is -8.66. The molecule has 168 valence electrons. The lowest BCUT2D eigenvalue weighted by molar-refractivity contribution is 0.555. The van der Waals surface area contributed by atoms with E-state index in [1.165, 1.54) is 6.07 Å². The minimum absolute atomic E-state index is 0.0281. The van der Waals surface area contributed by atoms with Gasteiger partial charge >= 0.3 is 0 Å². The van der Waals surface area contributed by atoms with Gasteiger partial charge in [0, 0.05) is 24.2 Å². The lowest BCUT2D eigenvalue weighted by atomic mass is 9.88. The number of rotatable bonds is 6. The van der Waals surface area contributed by atoms with Gasteiger partial charge in [-0.15, -0.1) is 5.11 Å². The third-order valence-electron chi connectivity index (χ3n) is 5.50. The van der Waals surface area contributed by atoms with Crippen LogP contribution in [0, 0.1) is 0 Å². The van der Waals surface area contributed by atoms with Crippen LogP contribution in [0.4, 0.5) is 0 Å². The van der Waals surface area contributed by atoms with Crippen LogP contribution in [0.15, 0.2) is 43.2 Å². The van der Waals surface area contributed by atoms with E-state index in [4.69, 9.17) is 10.9 Å². The molecule has 1 fully saturated rings. The molecule has 1 saturated heterocycles. The zero-order valence-electron chi connectivity index (χ0n) is 16.8. The highest BCUT2D eigenvalue weighted by atomic mass is 32.2. The molecule has 6 N–H and O–H groups in total. The average Bonchev–Trinajstić information content (AvgIpc) is 3.40. The van der Waals surface area contributed by atoms with Gasteiger partial charge in [0.15, 0.2) is 12.5 Å². The Labute approximate surface area is 181 Å². The quantitative estimate of drug-likeness (QED) is 0.458. The van der Waals surface area contributed by atoms with Crippen molar-refractivity contribution in [3.05, 3.63) is 29.3 Å². The fourth-order valence-corrected chi connectivity index (χ4v) is 6.99. The number of nitrogens with zero attached hydrogens (tertiary/aromatic N) is 3. The molecule has 1 aromatic carbocycles. The molecule has 4 rings (SSSR count). The molecule has 3 aliphatic rings. The molecule has 0 bridgehead atoms. The zero-order chi connectivity index (χ0) is 22.2. The predicted molar refractivity (Wildman–Crippen MR) is 115 cm³/mol. The van der Waals surface area contributed by atoms with Crippen LogP contribution in [0.1, 0.15) is 36.8 Å². The summed E-state index contributed by atoms with van der Waals surface area (Å²) >= 11 is 0. The molecule has 2 atom stereocenters. The fourth-order valence-electron chi connectivity index (χ4n) is 4.12. The lowest BCUT2D eigenvalue weighted by Gasteiger charge is -2.22. The molecule has 0 saturated carbocycles. The Morgan fingerprint density at radius 1 is 1.16 bits per heavy atom. The first-order chi connectivity index (χ1) is 14.7. The van der Waals surface area contributed by atoms with Gasteiger partial charge < -0.3 is 11.1 Å². The van der Waals surface area contributed by atoms with Crippen molar-refractivity contribution in [2.24, 2.45) is 26.1 Å². The van der Waals surface area contributed by atoms with Crippen molar-refractivity contribution in [2.75, 3.05) is 19.8 Å². The van der Waals surface area contributed by atoms with Crippen molar-refractivity contribution in [3.63, 3.8) is 0 Å². The molecule has 11 nitrogen and oxygen atoms in total. The highest BCUT2D eigenvalue weighted by Gasteiger charge is 2.34. The highest BCUT2D eigenvalue weighted by molar-refractivity contribution is 7.92. The Hall–Kier alpha value is -2.03. The molecule has 2 aliphatic heterocycles. The zero-order valence-corrected chi connectivity index (χ0v) is 18.4. The summed E-state index contributed by atoms with van der Waals surface area (Å²) in [6.07, 6.45) is 4.75. The standard InChI is InChI=1S/C18H25N7O4S2/c19-12-3-1-2-11(8-12)14-4-5-15(31(28,29)25-13-6-7-21-9-13)17(30(20,26)27)16(14)18-22-10-23-24-18/h4-5,8,12-13,21,25H,1-3,6-7,9-10,19H2,(H2,20,26,27)/t12-,13+/m0/s1. The van der Waals surface area contributed by atoms with Crippen molar-refractivity contribution in [1.29, 1.82) is 0 Å². The second kappa shape index (κ2) is 8.48. The van der Waals surface area contributed by atoms with Crippen LogP contribution in [0.2, 0.25) is 0 Å². The van der Waals surface area contributed by atoms with Crippen LogP contribution in [-0.2, 0) is 20.0 Å². The van der Waals surface area contributed by atoms with Crippen molar-refractivity contribution in [1.82, 2.24) is 10.0 Å². The van der Waals surface area contributed by atoms with Crippen LogP contribution in [0.5, 0.6) is 0 Å². The molecule has 1 aromatic rings. The maximum absolute atomic E-state index is 13.2. The van der Waals surface area contributed by atoms with Gasteiger partial charge in [0.05, 0.1) is 0 Å². The van der Waals surface area contributed by atoms with Crippen LogP contribution in [-0.4, -0.2) is 54.5 Å². The molecular formula is C18H25N7O4S2. The van der Waals surface area contributed by atoms with Crippen LogP contribution in [0.25, 0.3) is 5.57 Å². The molecule has 13 heteroatoms. The summed E-state index contributed by atoms with van der Waals surface area (Å²) in [5.41, 5.74) is 7.44. The van der Waals surface area contributed by atoms with Crippen LogP contribution < -0.4 is 20.9 Å². The minimum Gasteiger partial charge on any atom is -0.324 e. The SMILES string of the molecule is N[C@@H]1C=C(c2ccc(S(=O)(=O)N[C@@H]3CCNC3)c(S(N)(=O)=O)c2C2=NCN=N2)CCC1. The van der Waals surface area contributed by atoms with Gasteiger partial charge in [0.1, 0.15) is 9.79 Å². The molecule has 0 spiro atoms. The number of allylic oxidation sites excluding steroid dienone is 1. The fraction of sp³-hybridized carbons (Fsp3) is 0.500. The van der Waals surface area contributed by atoms with Gasteiger partial charge in [-0.3, -0.25) is 0 Å². The van der Waals surface area contributed by atoms with E-state index in [1.54, 1.807) is 6.07 Å². The summed E-state index contributed by atoms with van der Waals surface area (Å²) in [6, 6.07) is 2.33. The monoisotopic (exact) mass is 467 g/mol. The van der Waals surface area contributed by atoms with E-state index in [9.17, 15) is 16.8 Å². The summed E-state index contributed by atoms with van der Waals surface area (Å²) in [6.45, 7) is 1.16. The summed E-state index contributed by atoms with van der Waals surface area (Å²) < 4.78 is 54.4. The number of hydrogen-bond donors (Lipinski definition) is 4. The van der Waals surface area contributed by atoms with E-state index in [-0.39, 0.29) is 30.2 Å². The maximum atomic E-state index is 13.2. The molecule has 1 aliphatic carbocycles. The van der Waals surface area contributed by atoms with E-state index in [2.05, 4.69) is 25.3 Å². The first-order valence-electron chi connectivity index (χ1n) is 9.98. The molecule has 0 radical (unpaired) electrons. The van der Waals surface area contributed by atoms with E-state index in [0.29, 0.717) is 31.5 Å². The number of benzene rings is 1. The second-order valence-corrected chi connectivity index (χ2v) is 11.0. The first-order valence-corrected chi connectivity index (χ1v) is 13.0. The molecule has 2 heterocycles. The third kappa shape index (κ3) is 4.61. The predicted octanol–water partition coefficient (Wildman–Crippen LogP) is 0.0387. The summed E-state index contributed by atoms with van der Waals surface area (Å²) in [5, 5.41) is 16.4. The van der Waals surface area contributed by atoms with Gasteiger partial charge in [-0.25, -0.2) is 31.7 Å². The Kier molecular flexibility index (Phi) is 6.07. The Morgan fingerprint density at radius 2 is 1.97 bits per heavy atom. The molecule has 0 amide bonds. The Bertz CT molecular complexity index is 1180. The Morgan fingerprint density at radius 3 is 2.58 bits per heavy atom. The Balaban J connectivity index is 1.95. The van der Waals surface area contributed by atoms with Crippen LogP contribution in [0.3, 0.4) is 0 Å². The largest absolute Gasteiger partial charge is 0.324 e. The second-order valence-electron chi connectivity index (χ2n) is 7.78. The van der Waals surface area contributed by atoms with Crippen molar-refractivity contribution >= 4 is 31.5 Å². The number of aliphatic imine (C=N–C) groups is 1. The smallest absolute Gasteiger partial charge is 0.242 e. The van der Waals surface area contributed by atoms with Gasteiger partial charge in [-0.2, -0.15) is 5.11 Å². The van der Waals surface area contributed by atoms with E-state index in [0.717, 1.165) is 18.4 Å². The minimum atomic E-state index is -4.47. The van der Waals surface area contributed by atoms with Gasteiger partial charge in [-0.1, -0.05) is 12.1 Å². The first kappa shape index (κ1) is 22.2. The summed E-state index contributed by atoms with van der Waals surface area (Å²) in [4.78, 5) is 3.21. The third-order valence-corrected chi connectivity index (χ3v) is 8.18. The number of sulfonamides is 2. The van der Waals surface area contributed by atoms with E-state index in [1.807, 2.05) is 6.08 Å². The molecule has 0 unspecified atom stereocenters. The number of primary sulfonamides is 1. The highest BCUT2D eigenvalue weighted by Crippen LogP contribution is 2.36. The van der Waals surface area contributed by atoms with Crippen LogP contribution >= 0.6 is 0 Å². The molecule has 0 aromatic heterocycles. The number of hydrogen-bond acceptors (Lipinski definition) is 9. The van der Waals surface area contributed by atoms with Crippen molar-refractivity contribution < 1.29 is 16.8 Å². The number of nitrogens with one attached hydrogen (secondary N) is 2.